The van der Waals surface area contributed by atoms with Crippen molar-refractivity contribution in [2.75, 3.05) is 32.4 Å². The van der Waals surface area contributed by atoms with Crippen LogP contribution in [0.2, 0.25) is 0 Å². The van der Waals surface area contributed by atoms with Gasteiger partial charge in [0.15, 0.2) is 0 Å². The summed E-state index contributed by atoms with van der Waals surface area (Å²) in [6.07, 6.45) is 6.58. The summed E-state index contributed by atoms with van der Waals surface area (Å²) < 4.78 is 28.8. The Morgan fingerprint density at radius 3 is 2.30 bits per heavy atom. The molecular weight excluding hydrogens is 600 g/mol. The molecule has 0 saturated carbocycles. The molecule has 2 amide bonds. The van der Waals surface area contributed by atoms with Crippen molar-refractivity contribution in [1.29, 1.82) is 0 Å². The molecular formula is C35H48ClF2N3O2S. The van der Waals surface area contributed by atoms with E-state index in [0.717, 1.165) is 30.2 Å². The van der Waals surface area contributed by atoms with Gasteiger partial charge in [-0.3, -0.25) is 14.5 Å². The Morgan fingerprint density at radius 1 is 1.14 bits per heavy atom. The summed E-state index contributed by atoms with van der Waals surface area (Å²) >= 11 is 7.91. The zero-order valence-electron chi connectivity index (χ0n) is 27.5. The van der Waals surface area contributed by atoms with Gasteiger partial charge in [0.25, 0.3) is 0 Å². The smallest absolute Gasteiger partial charge is 0.227 e. The maximum absolute atomic E-state index is 15.0. The Morgan fingerprint density at radius 2 is 1.77 bits per heavy atom. The van der Waals surface area contributed by atoms with E-state index < -0.39 is 23.1 Å². The maximum atomic E-state index is 15.0. The number of rotatable bonds is 7. The van der Waals surface area contributed by atoms with E-state index in [4.69, 9.17) is 11.6 Å². The number of hydrogen-bond donors (Lipinski definition) is 1. The summed E-state index contributed by atoms with van der Waals surface area (Å²) in [7, 11) is 0. The van der Waals surface area contributed by atoms with E-state index in [1.165, 1.54) is 23.3 Å². The third-order valence-electron chi connectivity index (χ3n) is 10.3. The highest BCUT2D eigenvalue weighted by atomic mass is 35.5. The molecule has 4 rings (SSSR count). The van der Waals surface area contributed by atoms with Crippen LogP contribution in [0.15, 0.2) is 51.9 Å². The van der Waals surface area contributed by atoms with Gasteiger partial charge in [0, 0.05) is 72.0 Å². The Labute approximate surface area is 271 Å². The molecule has 3 atom stereocenters. The highest BCUT2D eigenvalue weighted by Gasteiger charge is 2.51. The molecule has 242 valence electrons. The number of hydrogen-bond acceptors (Lipinski definition) is 4. The van der Waals surface area contributed by atoms with Gasteiger partial charge in [-0.1, -0.05) is 29.8 Å². The number of halogens is 3. The van der Waals surface area contributed by atoms with Crippen LogP contribution >= 0.6 is 23.4 Å². The van der Waals surface area contributed by atoms with E-state index in [1.807, 2.05) is 11.2 Å². The van der Waals surface area contributed by atoms with E-state index in [2.05, 4.69) is 64.4 Å². The van der Waals surface area contributed by atoms with Crippen molar-refractivity contribution in [1.82, 2.24) is 15.1 Å². The predicted octanol–water partition coefficient (Wildman–Crippen LogP) is 7.64. The molecule has 0 radical (unpaired) electrons. The minimum absolute atomic E-state index is 0.0401. The summed E-state index contributed by atoms with van der Waals surface area (Å²) in [4.78, 5) is 31.5. The molecule has 0 bridgehead atoms. The van der Waals surface area contributed by atoms with Gasteiger partial charge in [-0.25, -0.2) is 8.78 Å². The Hall–Kier alpha value is -2.16. The molecule has 1 aromatic rings. The lowest BCUT2D eigenvalue weighted by molar-refractivity contribution is -0.138. The number of benzene rings is 1. The molecule has 44 heavy (non-hydrogen) atoms. The van der Waals surface area contributed by atoms with Gasteiger partial charge in [-0.2, -0.15) is 0 Å². The number of nitrogens with zero attached hydrogens (tertiary/aromatic N) is 2. The van der Waals surface area contributed by atoms with Gasteiger partial charge < -0.3 is 10.2 Å². The molecule has 0 aromatic heterocycles. The van der Waals surface area contributed by atoms with Crippen LogP contribution in [-0.4, -0.2) is 65.1 Å². The van der Waals surface area contributed by atoms with Crippen molar-refractivity contribution in [3.05, 3.63) is 69.1 Å². The van der Waals surface area contributed by atoms with Gasteiger partial charge >= 0.3 is 0 Å². The second-order valence-corrected chi connectivity index (χ2v) is 15.7. The van der Waals surface area contributed by atoms with Crippen molar-refractivity contribution < 1.29 is 18.4 Å². The second-order valence-electron chi connectivity index (χ2n) is 14.4. The second kappa shape index (κ2) is 12.9. The molecule has 2 heterocycles. The van der Waals surface area contributed by atoms with E-state index in [-0.39, 0.29) is 34.6 Å². The van der Waals surface area contributed by atoms with Crippen LogP contribution in [0.4, 0.5) is 8.78 Å². The third kappa shape index (κ3) is 6.97. The van der Waals surface area contributed by atoms with E-state index in [0.29, 0.717) is 36.8 Å². The van der Waals surface area contributed by atoms with Crippen molar-refractivity contribution in [3.8, 4) is 0 Å². The number of piperidine rings is 1. The van der Waals surface area contributed by atoms with Crippen LogP contribution in [0.5, 0.6) is 0 Å². The monoisotopic (exact) mass is 647 g/mol. The fourth-order valence-electron chi connectivity index (χ4n) is 7.69. The van der Waals surface area contributed by atoms with Crippen LogP contribution < -0.4 is 5.32 Å². The minimum atomic E-state index is -0.615. The molecule has 1 aliphatic carbocycles. The summed E-state index contributed by atoms with van der Waals surface area (Å²) in [5.74, 6) is -1.93. The topological polar surface area (TPSA) is 52.7 Å². The number of carbonyl (C=O) groups is 2. The fourth-order valence-corrected chi connectivity index (χ4v) is 8.44. The van der Waals surface area contributed by atoms with Crippen molar-refractivity contribution >= 4 is 35.2 Å². The minimum Gasteiger partial charge on any atom is -0.351 e. The van der Waals surface area contributed by atoms with E-state index in [9.17, 15) is 14.0 Å². The van der Waals surface area contributed by atoms with Crippen molar-refractivity contribution in [2.24, 2.45) is 17.3 Å². The van der Waals surface area contributed by atoms with Crippen molar-refractivity contribution in [2.45, 2.75) is 84.7 Å². The molecule has 1 spiro atoms. The predicted molar refractivity (Wildman–Crippen MR) is 177 cm³/mol. The van der Waals surface area contributed by atoms with Crippen LogP contribution in [0.25, 0.3) is 0 Å². The third-order valence-corrected chi connectivity index (χ3v) is 11.4. The molecule has 1 aromatic carbocycles. The summed E-state index contributed by atoms with van der Waals surface area (Å²) in [6.45, 7) is 20.4. The van der Waals surface area contributed by atoms with Gasteiger partial charge in [-0.05, 0) is 95.8 Å². The lowest BCUT2D eigenvalue weighted by atomic mass is 9.70. The first kappa shape index (κ1) is 34.7. The number of likely N-dealkylation sites (tertiary alicyclic amines) is 2. The van der Waals surface area contributed by atoms with Crippen molar-refractivity contribution in [3.63, 3.8) is 0 Å². The molecule has 9 heteroatoms. The van der Waals surface area contributed by atoms with E-state index >= 15 is 4.39 Å². The Kier molecular flexibility index (Phi) is 10.2. The first-order valence-corrected chi connectivity index (χ1v) is 17.1. The fraction of sp³-hybridized carbons (Fsp3) is 0.600. The van der Waals surface area contributed by atoms with Crippen LogP contribution in [0.3, 0.4) is 0 Å². The first-order valence-electron chi connectivity index (χ1n) is 15.5. The molecule has 3 aliphatic rings. The van der Waals surface area contributed by atoms with E-state index in [1.54, 1.807) is 18.7 Å². The zero-order chi connectivity index (χ0) is 32.8. The maximum Gasteiger partial charge on any atom is 0.227 e. The Balaban J connectivity index is 1.61. The van der Waals surface area contributed by atoms with Crippen LogP contribution in [-0.2, 0) is 9.59 Å². The normalized spacial score (nSPS) is 24.8. The molecule has 1 N–H and O–H groups in total. The average molecular weight is 648 g/mol. The van der Waals surface area contributed by atoms with Gasteiger partial charge in [-0.15, -0.1) is 11.8 Å². The zero-order valence-corrected chi connectivity index (χ0v) is 29.0. The van der Waals surface area contributed by atoms with Crippen LogP contribution in [0, 0.1) is 28.9 Å². The number of allylic oxidation sites excluding steroid dienone is 3. The summed E-state index contributed by atoms with van der Waals surface area (Å²) in [5, 5.41) is 3.66. The molecule has 2 saturated heterocycles. The molecule has 1 unspecified atom stereocenters. The number of nitrogens with one attached hydrogen (secondary N) is 1. The molecule has 2 fully saturated rings. The SMILES string of the molecule is C=C(Cl)/C(=C\C1=C(C)C2(CCN(C(=O)[C@@H]3CN(C(C)(C)C)C[C@H]3c3ccc(F)cc3F)CC2)CC1C(C)(C)NC(C)=O)SC. The standard InChI is InChI=1S/C35H48ClF2N3O2S/c1-21-26(17-31(44-9)22(2)36)29(34(7,8)39-23(3)42)18-35(21)12-14-40(15-13-35)32(43)28-20-41(33(4,5)6)19-27(28)25-11-10-24(37)16-30(25)38/h10-11,16-17,27-29H,2,12-15,18-20H2,1,3-9H3,(H,39,42)/b31-17+/t27-,28+,29?/m0/s1. The van der Waals surface area contributed by atoms with Crippen LogP contribution in [0.1, 0.15) is 79.2 Å². The molecule has 2 aliphatic heterocycles. The lowest BCUT2D eigenvalue weighted by Crippen LogP contribution is -2.50. The van der Waals surface area contributed by atoms with Gasteiger partial charge in [0.2, 0.25) is 11.8 Å². The average Bonchev–Trinajstić information content (AvgIpc) is 3.47. The molecule has 5 nitrogen and oxygen atoms in total. The lowest BCUT2D eigenvalue weighted by Gasteiger charge is -2.43. The van der Waals surface area contributed by atoms with Gasteiger partial charge in [0.1, 0.15) is 11.6 Å². The largest absolute Gasteiger partial charge is 0.351 e. The number of thioether (sulfide) groups is 1. The summed E-state index contributed by atoms with van der Waals surface area (Å²) in [5.41, 5.74) is 2.08. The Bertz CT molecular complexity index is 1370. The summed E-state index contributed by atoms with van der Waals surface area (Å²) in [6, 6.07) is 3.71. The van der Waals surface area contributed by atoms with Gasteiger partial charge in [0.05, 0.1) is 5.92 Å². The highest BCUT2D eigenvalue weighted by molar-refractivity contribution is 8.02. The quantitative estimate of drug-likeness (QED) is 0.309. The first-order chi connectivity index (χ1) is 20.4. The number of carbonyl (C=O) groups excluding carboxylic acids is 2. The highest BCUT2D eigenvalue weighted by Crippen LogP contribution is 2.56. The number of amides is 2.